The monoisotopic (exact) mass is 653 g/mol. The van der Waals surface area contributed by atoms with Crippen LogP contribution in [0.25, 0.3) is 22.2 Å². The molecule has 3 aliphatic rings. The third kappa shape index (κ3) is 6.04. The Bertz CT molecular complexity index is 1840. The van der Waals surface area contributed by atoms with Crippen molar-refractivity contribution in [2.45, 2.75) is 38.3 Å². The number of pyridine rings is 2. The largest absolute Gasteiger partial charge is 0.482 e. The van der Waals surface area contributed by atoms with Gasteiger partial charge in [0.2, 0.25) is 0 Å². The molecule has 1 aromatic carbocycles. The van der Waals surface area contributed by atoms with E-state index in [9.17, 15) is 23.2 Å². The number of carbonyl (C=O) groups excluding carboxylic acids is 3. The molecule has 2 fully saturated rings. The molecule has 240 valence electrons. The second kappa shape index (κ2) is 12.2. The minimum Gasteiger partial charge on any atom is -0.453 e. The quantitative estimate of drug-likeness (QED) is 0.315. The highest BCUT2D eigenvalue weighted by Crippen LogP contribution is 2.44. The average molecular weight is 654 g/mol. The molecule has 4 aromatic rings. The maximum Gasteiger partial charge on any atom is 0.482 e. The van der Waals surface area contributed by atoms with Crippen LogP contribution in [0, 0.1) is 5.92 Å². The Morgan fingerprint density at radius 2 is 1.93 bits per heavy atom. The van der Waals surface area contributed by atoms with Gasteiger partial charge >= 0.3 is 18.1 Å². The lowest BCUT2D eigenvalue weighted by molar-refractivity contribution is -0.193. The summed E-state index contributed by atoms with van der Waals surface area (Å²) >= 11 is 5.88. The first-order valence-electron chi connectivity index (χ1n) is 14.6. The number of alkyl halides is 2. The average Bonchev–Trinajstić information content (AvgIpc) is 3.74. The molecule has 0 atom stereocenters. The van der Waals surface area contributed by atoms with Crippen molar-refractivity contribution >= 4 is 46.2 Å². The SMILES string of the molecule is COC(=O)N1CCC1.Cn1ncc2c(-c3ccc4c(c3)OC(F)(F)C(=O)N4Cc3ccc(Cl)cn3)c(C(N)=O)c(CC3CC3)nc21. The van der Waals surface area contributed by atoms with E-state index in [4.69, 9.17) is 22.1 Å². The number of halogens is 3. The first-order chi connectivity index (χ1) is 22.0. The third-order valence-electron chi connectivity index (χ3n) is 8.05. The van der Waals surface area contributed by atoms with E-state index in [2.05, 4.69) is 19.8 Å². The second-order valence-corrected chi connectivity index (χ2v) is 11.7. The molecule has 1 saturated carbocycles. The van der Waals surface area contributed by atoms with Crippen LogP contribution in [0.1, 0.15) is 41.0 Å². The zero-order valence-corrected chi connectivity index (χ0v) is 25.8. The summed E-state index contributed by atoms with van der Waals surface area (Å²) in [5, 5.41) is 5.21. The van der Waals surface area contributed by atoms with Gasteiger partial charge in [-0.15, -0.1) is 0 Å². The van der Waals surface area contributed by atoms with Crippen molar-refractivity contribution in [3.8, 4) is 16.9 Å². The van der Waals surface area contributed by atoms with Crippen LogP contribution in [-0.2, 0) is 29.5 Å². The molecule has 0 spiro atoms. The molecule has 3 amide bonds. The maximum atomic E-state index is 14.8. The molecule has 5 heterocycles. The van der Waals surface area contributed by atoms with E-state index in [-0.39, 0.29) is 29.6 Å². The molecule has 0 radical (unpaired) electrons. The Hall–Kier alpha value is -4.85. The van der Waals surface area contributed by atoms with Crippen molar-refractivity contribution < 1.29 is 32.6 Å². The van der Waals surface area contributed by atoms with Gasteiger partial charge < -0.3 is 20.1 Å². The van der Waals surface area contributed by atoms with Gasteiger partial charge in [0.05, 0.1) is 47.5 Å². The molecule has 2 aliphatic heterocycles. The molecule has 1 aliphatic carbocycles. The van der Waals surface area contributed by atoms with Crippen LogP contribution in [-0.4, -0.2) is 68.9 Å². The van der Waals surface area contributed by atoms with E-state index < -0.39 is 17.9 Å². The van der Waals surface area contributed by atoms with E-state index in [1.807, 2.05) is 0 Å². The van der Waals surface area contributed by atoms with Gasteiger partial charge in [-0.25, -0.2) is 9.78 Å². The van der Waals surface area contributed by atoms with Crippen LogP contribution in [0.5, 0.6) is 5.75 Å². The summed E-state index contributed by atoms with van der Waals surface area (Å²) < 4.78 is 40.4. The molecule has 15 heteroatoms. The summed E-state index contributed by atoms with van der Waals surface area (Å²) in [4.78, 5) is 47.2. The van der Waals surface area contributed by atoms with Crippen LogP contribution < -0.4 is 15.4 Å². The fourth-order valence-corrected chi connectivity index (χ4v) is 5.49. The lowest BCUT2D eigenvalue weighted by atomic mass is 9.93. The minimum atomic E-state index is -4.11. The van der Waals surface area contributed by atoms with Gasteiger partial charge in [-0.1, -0.05) is 17.7 Å². The van der Waals surface area contributed by atoms with E-state index in [1.54, 1.807) is 41.0 Å². The minimum absolute atomic E-state index is 0.136. The number of carbonyl (C=O) groups is 3. The number of ether oxygens (including phenoxy) is 2. The Morgan fingerprint density at radius 1 is 1.17 bits per heavy atom. The predicted octanol–water partition coefficient (Wildman–Crippen LogP) is 4.71. The van der Waals surface area contributed by atoms with Crippen molar-refractivity contribution in [3.05, 3.63) is 64.7 Å². The molecule has 46 heavy (non-hydrogen) atoms. The normalized spacial score (nSPS) is 16.6. The molecule has 2 N–H and O–H groups in total. The zero-order valence-electron chi connectivity index (χ0n) is 25.0. The number of aryl methyl sites for hydroxylation is 1. The fraction of sp³-hybridized carbons (Fsp3) is 0.355. The van der Waals surface area contributed by atoms with Gasteiger partial charge in [0.1, 0.15) is 0 Å². The number of likely N-dealkylation sites (tertiary alicyclic amines) is 1. The Morgan fingerprint density at radius 3 is 2.52 bits per heavy atom. The number of rotatable bonds is 6. The number of methoxy groups -OCH3 is 1. The summed E-state index contributed by atoms with van der Waals surface area (Å²) in [6.07, 6.45) is 2.38. The number of amides is 3. The third-order valence-corrected chi connectivity index (χ3v) is 8.27. The van der Waals surface area contributed by atoms with Gasteiger partial charge in [0, 0.05) is 37.3 Å². The number of nitrogens with zero attached hydrogens (tertiary/aromatic N) is 6. The van der Waals surface area contributed by atoms with Crippen molar-refractivity contribution in [1.82, 2.24) is 24.6 Å². The van der Waals surface area contributed by atoms with Crippen molar-refractivity contribution in [3.63, 3.8) is 0 Å². The number of benzene rings is 1. The summed E-state index contributed by atoms with van der Waals surface area (Å²) in [6.45, 7) is 1.51. The van der Waals surface area contributed by atoms with Crippen molar-refractivity contribution in [2.24, 2.45) is 18.7 Å². The van der Waals surface area contributed by atoms with Crippen LogP contribution in [0.15, 0.2) is 42.7 Å². The molecular weight excluding hydrogens is 624 g/mol. The predicted molar refractivity (Wildman–Crippen MR) is 163 cm³/mol. The van der Waals surface area contributed by atoms with Crippen molar-refractivity contribution in [1.29, 1.82) is 0 Å². The lowest BCUT2D eigenvalue weighted by Gasteiger charge is -2.33. The second-order valence-electron chi connectivity index (χ2n) is 11.3. The summed E-state index contributed by atoms with van der Waals surface area (Å²) in [6, 6.07) is 7.63. The number of hydrogen-bond acceptors (Lipinski definition) is 8. The number of primary amides is 1. The highest BCUT2D eigenvalue weighted by atomic mass is 35.5. The molecule has 1 saturated heterocycles. The van der Waals surface area contributed by atoms with Crippen LogP contribution in [0.4, 0.5) is 19.3 Å². The van der Waals surface area contributed by atoms with E-state index >= 15 is 0 Å². The van der Waals surface area contributed by atoms with Crippen LogP contribution in [0.2, 0.25) is 5.02 Å². The number of anilines is 1. The maximum absolute atomic E-state index is 14.8. The molecule has 7 rings (SSSR count). The van der Waals surface area contributed by atoms with Gasteiger partial charge in [-0.05, 0) is 61.4 Å². The summed E-state index contributed by atoms with van der Waals surface area (Å²) in [5.41, 5.74) is 8.48. The molecule has 3 aromatic heterocycles. The smallest absolute Gasteiger partial charge is 0.453 e. The van der Waals surface area contributed by atoms with Gasteiger partial charge in [0.15, 0.2) is 11.4 Å². The van der Waals surface area contributed by atoms with E-state index in [0.717, 1.165) is 37.3 Å². The highest BCUT2D eigenvalue weighted by Gasteiger charge is 2.50. The molecular formula is C31H30ClF2N7O5. The van der Waals surface area contributed by atoms with Crippen LogP contribution >= 0.6 is 11.6 Å². The standard InChI is InChI=1S/C26H21ClF2N6O3.C5H9NO2/c1-34-24-17(11-32-34)21(22(23(30)36)18(33-24)8-13-2-3-13)14-4-7-19-20(9-14)38-26(28,29)25(37)35(19)12-16-6-5-15(27)10-31-16;1-8-5(7)6-3-2-4-6/h4-7,9-11,13H,2-3,8,12H2,1H3,(H2,30,36);2-4H2,1H3. The Balaban J connectivity index is 0.000000407. The van der Waals surface area contributed by atoms with Crippen LogP contribution in [0.3, 0.4) is 0 Å². The Kier molecular flexibility index (Phi) is 8.23. The Labute approximate surface area is 267 Å². The fourth-order valence-electron chi connectivity index (χ4n) is 5.38. The highest BCUT2D eigenvalue weighted by molar-refractivity contribution is 6.30. The van der Waals surface area contributed by atoms with Crippen molar-refractivity contribution in [2.75, 3.05) is 25.1 Å². The van der Waals surface area contributed by atoms with E-state index in [0.29, 0.717) is 50.9 Å². The first-order valence-corrected chi connectivity index (χ1v) is 15.0. The molecule has 12 nitrogen and oxygen atoms in total. The summed E-state index contributed by atoms with van der Waals surface area (Å²) in [7, 11) is 3.13. The number of hydrogen-bond donors (Lipinski definition) is 1. The number of aromatic nitrogens is 4. The topological polar surface area (TPSA) is 146 Å². The van der Waals surface area contributed by atoms with Gasteiger partial charge in [0.25, 0.3) is 5.91 Å². The van der Waals surface area contributed by atoms with Gasteiger partial charge in [-0.2, -0.15) is 13.9 Å². The zero-order chi connectivity index (χ0) is 32.7. The van der Waals surface area contributed by atoms with Gasteiger partial charge in [-0.3, -0.25) is 24.2 Å². The number of fused-ring (bicyclic) bond motifs is 2. The lowest BCUT2D eigenvalue weighted by Crippen LogP contribution is -2.50. The molecule has 0 unspecified atom stereocenters. The number of nitrogens with two attached hydrogens (primary N) is 1. The summed E-state index contributed by atoms with van der Waals surface area (Å²) in [5.74, 6) is -2.01. The van der Waals surface area contributed by atoms with E-state index in [1.165, 1.54) is 25.4 Å². The molecule has 0 bridgehead atoms. The first kappa shape index (κ1) is 31.1.